The highest BCUT2D eigenvalue weighted by Gasteiger charge is 2.11. The summed E-state index contributed by atoms with van der Waals surface area (Å²) in [5, 5.41) is 6.48. The van der Waals surface area contributed by atoms with Gasteiger partial charge in [0.25, 0.3) is 5.91 Å². The third-order valence-electron chi connectivity index (χ3n) is 2.48. The molecule has 0 heterocycles. The monoisotopic (exact) mass is 322 g/mol. The normalized spacial score (nSPS) is 9.75. The van der Waals surface area contributed by atoms with Crippen molar-refractivity contribution < 1.29 is 14.3 Å². The van der Waals surface area contributed by atoms with Crippen LogP contribution in [-0.4, -0.2) is 46.4 Å². The summed E-state index contributed by atoms with van der Waals surface area (Å²) in [6.07, 6.45) is 0. The molecular weight excluding hydrogens is 303 g/mol. The van der Waals surface area contributed by atoms with Crippen molar-refractivity contribution in [1.82, 2.24) is 10.6 Å². The van der Waals surface area contributed by atoms with Gasteiger partial charge in [0.05, 0.1) is 19.3 Å². The van der Waals surface area contributed by atoms with Crippen molar-refractivity contribution in [2.75, 3.05) is 40.5 Å². The highest BCUT2D eigenvalue weighted by atomic mass is 35.5. The molecule has 1 aromatic rings. The summed E-state index contributed by atoms with van der Waals surface area (Å²) in [5.74, 6) is 0.291. The van der Waals surface area contributed by atoms with Crippen LogP contribution < -0.4 is 15.4 Å². The van der Waals surface area contributed by atoms with E-state index in [1.54, 1.807) is 25.3 Å². The molecule has 1 aromatic carbocycles. The van der Waals surface area contributed by atoms with Crippen molar-refractivity contribution in [3.63, 3.8) is 0 Å². The summed E-state index contributed by atoms with van der Waals surface area (Å²) in [7, 11) is 3.16. The predicted octanol–water partition coefficient (Wildman–Crippen LogP) is 1.74. The maximum absolute atomic E-state index is 11.9. The van der Waals surface area contributed by atoms with Gasteiger partial charge in [0.1, 0.15) is 5.75 Å². The lowest BCUT2D eigenvalue weighted by Crippen LogP contribution is -2.33. The SMILES string of the molecule is COCCNCCNC(=O)c1ccc(Cl)cc1OC.Cl. The Bertz CT molecular complexity index is 417. The van der Waals surface area contributed by atoms with Crippen LogP contribution >= 0.6 is 24.0 Å². The number of amides is 1. The Morgan fingerprint density at radius 3 is 2.65 bits per heavy atom. The van der Waals surface area contributed by atoms with Gasteiger partial charge in [0.15, 0.2) is 0 Å². The second-order valence-corrected chi connectivity index (χ2v) is 4.28. The van der Waals surface area contributed by atoms with Gasteiger partial charge in [0.2, 0.25) is 0 Å². The van der Waals surface area contributed by atoms with E-state index < -0.39 is 0 Å². The maximum atomic E-state index is 11.9. The zero-order chi connectivity index (χ0) is 14.1. The fraction of sp³-hybridized carbons (Fsp3) is 0.462. The molecule has 5 nitrogen and oxygen atoms in total. The summed E-state index contributed by atoms with van der Waals surface area (Å²) in [5.41, 5.74) is 0.476. The van der Waals surface area contributed by atoms with Crippen molar-refractivity contribution in [1.29, 1.82) is 0 Å². The standard InChI is InChI=1S/C13H19ClN2O3.ClH/c1-18-8-7-15-5-6-16-13(17)11-4-3-10(14)9-12(11)19-2;/h3-4,9,15H,5-8H2,1-2H3,(H,16,17);1H. The minimum Gasteiger partial charge on any atom is -0.496 e. The first-order valence-electron chi connectivity index (χ1n) is 6.00. The number of rotatable bonds is 8. The van der Waals surface area contributed by atoms with Crippen LogP contribution in [0.15, 0.2) is 18.2 Å². The van der Waals surface area contributed by atoms with Crippen molar-refractivity contribution in [2.24, 2.45) is 0 Å². The van der Waals surface area contributed by atoms with Crippen LogP contribution in [0.25, 0.3) is 0 Å². The summed E-state index contributed by atoms with van der Waals surface area (Å²) in [4.78, 5) is 11.9. The molecular formula is C13H20Cl2N2O3. The Morgan fingerprint density at radius 2 is 2.00 bits per heavy atom. The zero-order valence-corrected chi connectivity index (χ0v) is 13.1. The smallest absolute Gasteiger partial charge is 0.255 e. The fourth-order valence-electron chi connectivity index (χ4n) is 1.51. The van der Waals surface area contributed by atoms with Crippen LogP contribution in [0.3, 0.4) is 0 Å². The highest BCUT2D eigenvalue weighted by molar-refractivity contribution is 6.30. The molecule has 2 N–H and O–H groups in total. The van der Waals surface area contributed by atoms with Crippen molar-refractivity contribution in [3.8, 4) is 5.75 Å². The van der Waals surface area contributed by atoms with Gasteiger partial charge in [0, 0.05) is 31.8 Å². The molecule has 114 valence electrons. The minimum absolute atomic E-state index is 0. The molecule has 0 aromatic heterocycles. The van der Waals surface area contributed by atoms with E-state index in [0.29, 0.717) is 36.0 Å². The topological polar surface area (TPSA) is 59.6 Å². The van der Waals surface area contributed by atoms with Crippen LogP contribution in [0.2, 0.25) is 5.02 Å². The third kappa shape index (κ3) is 6.43. The first-order valence-corrected chi connectivity index (χ1v) is 6.38. The van der Waals surface area contributed by atoms with E-state index in [2.05, 4.69) is 10.6 Å². The zero-order valence-electron chi connectivity index (χ0n) is 11.6. The second kappa shape index (κ2) is 10.7. The maximum Gasteiger partial charge on any atom is 0.255 e. The molecule has 0 fully saturated rings. The van der Waals surface area contributed by atoms with Crippen molar-refractivity contribution in [2.45, 2.75) is 0 Å². The lowest BCUT2D eigenvalue weighted by atomic mass is 10.2. The largest absolute Gasteiger partial charge is 0.496 e. The van der Waals surface area contributed by atoms with Gasteiger partial charge < -0.3 is 20.1 Å². The summed E-state index contributed by atoms with van der Waals surface area (Å²) >= 11 is 5.84. The number of methoxy groups -OCH3 is 2. The second-order valence-electron chi connectivity index (χ2n) is 3.84. The first-order chi connectivity index (χ1) is 9.19. The molecule has 1 rings (SSSR count). The van der Waals surface area contributed by atoms with Crippen LogP contribution in [0.5, 0.6) is 5.75 Å². The van der Waals surface area contributed by atoms with Crippen LogP contribution in [0.4, 0.5) is 0 Å². The molecule has 0 aliphatic carbocycles. The number of hydrogen-bond donors (Lipinski definition) is 2. The number of ether oxygens (including phenoxy) is 2. The molecule has 0 unspecified atom stereocenters. The molecule has 7 heteroatoms. The Balaban J connectivity index is 0.00000361. The van der Waals surface area contributed by atoms with E-state index in [1.807, 2.05) is 0 Å². The lowest BCUT2D eigenvalue weighted by Gasteiger charge is -2.10. The van der Waals surface area contributed by atoms with Crippen LogP contribution in [0, 0.1) is 0 Å². The van der Waals surface area contributed by atoms with E-state index in [-0.39, 0.29) is 18.3 Å². The lowest BCUT2D eigenvalue weighted by molar-refractivity contribution is 0.0950. The Labute approximate surface area is 130 Å². The number of carbonyl (C=O) groups excluding carboxylic acids is 1. The van der Waals surface area contributed by atoms with E-state index in [0.717, 1.165) is 6.54 Å². The Morgan fingerprint density at radius 1 is 1.25 bits per heavy atom. The summed E-state index contributed by atoms with van der Waals surface area (Å²) in [6, 6.07) is 4.93. The van der Waals surface area contributed by atoms with Gasteiger partial charge in [-0.25, -0.2) is 0 Å². The van der Waals surface area contributed by atoms with E-state index in [9.17, 15) is 4.79 Å². The van der Waals surface area contributed by atoms with E-state index >= 15 is 0 Å². The minimum atomic E-state index is -0.179. The molecule has 0 saturated carbocycles. The summed E-state index contributed by atoms with van der Waals surface area (Å²) in [6.45, 7) is 2.63. The van der Waals surface area contributed by atoms with Gasteiger partial charge in [-0.1, -0.05) is 11.6 Å². The number of carbonyl (C=O) groups is 1. The third-order valence-corrected chi connectivity index (χ3v) is 2.71. The van der Waals surface area contributed by atoms with Crippen molar-refractivity contribution in [3.05, 3.63) is 28.8 Å². The highest BCUT2D eigenvalue weighted by Crippen LogP contribution is 2.22. The predicted molar refractivity (Wildman–Crippen MR) is 82.3 cm³/mol. The molecule has 0 aliphatic heterocycles. The number of hydrogen-bond acceptors (Lipinski definition) is 4. The van der Waals surface area contributed by atoms with Crippen molar-refractivity contribution >= 4 is 29.9 Å². The number of benzene rings is 1. The van der Waals surface area contributed by atoms with E-state index in [1.165, 1.54) is 7.11 Å². The number of nitrogens with one attached hydrogen (secondary N) is 2. The molecule has 0 spiro atoms. The van der Waals surface area contributed by atoms with Gasteiger partial charge in [-0.15, -0.1) is 12.4 Å². The van der Waals surface area contributed by atoms with E-state index in [4.69, 9.17) is 21.1 Å². The molecule has 0 atom stereocenters. The Hall–Kier alpha value is -1.01. The molecule has 0 aliphatic rings. The summed E-state index contributed by atoms with van der Waals surface area (Å²) < 4.78 is 10.0. The van der Waals surface area contributed by atoms with Crippen LogP contribution in [-0.2, 0) is 4.74 Å². The number of halogens is 2. The average molecular weight is 323 g/mol. The quantitative estimate of drug-likeness (QED) is 0.716. The van der Waals surface area contributed by atoms with Crippen LogP contribution in [0.1, 0.15) is 10.4 Å². The van der Waals surface area contributed by atoms with Gasteiger partial charge >= 0.3 is 0 Å². The molecule has 1 amide bonds. The average Bonchev–Trinajstić information content (AvgIpc) is 2.42. The van der Waals surface area contributed by atoms with Gasteiger partial charge in [-0.05, 0) is 18.2 Å². The molecule has 0 saturated heterocycles. The fourth-order valence-corrected chi connectivity index (χ4v) is 1.67. The Kier molecular flexibility index (Phi) is 10.2. The molecule has 20 heavy (non-hydrogen) atoms. The van der Waals surface area contributed by atoms with Gasteiger partial charge in [-0.3, -0.25) is 4.79 Å². The van der Waals surface area contributed by atoms with Gasteiger partial charge in [-0.2, -0.15) is 0 Å². The molecule has 0 bridgehead atoms. The molecule has 0 radical (unpaired) electrons. The first kappa shape index (κ1) is 19.0.